The van der Waals surface area contributed by atoms with Crippen molar-refractivity contribution in [2.75, 3.05) is 19.8 Å². The first-order valence-electron chi connectivity index (χ1n) is 3.20. The van der Waals surface area contributed by atoms with Crippen LogP contribution in [0.15, 0.2) is 0 Å². The largest absolute Gasteiger partial charge is 0.316 e. The van der Waals surface area contributed by atoms with Crippen LogP contribution in [0.25, 0.3) is 0 Å². The molecule has 1 rings (SSSR count). The normalized spacial score (nSPS) is 20.6. The van der Waals surface area contributed by atoms with Crippen LogP contribution in [0.2, 0.25) is 0 Å². The van der Waals surface area contributed by atoms with Crippen molar-refractivity contribution >= 4 is 0 Å². The van der Waals surface area contributed by atoms with Gasteiger partial charge in [0.05, 0.1) is 6.67 Å². The average molecular weight is 117 g/mol. The Morgan fingerprint density at radius 2 is 2.25 bits per heavy atom. The SMILES string of the molecule is FCCCC1CNC1. The molecule has 0 amide bonds. The van der Waals surface area contributed by atoms with Crippen LogP contribution in [-0.4, -0.2) is 19.8 Å². The third kappa shape index (κ3) is 1.44. The summed E-state index contributed by atoms with van der Waals surface area (Å²) in [5, 5.41) is 3.15. The Balaban J connectivity index is 1.86. The maximum Gasteiger partial charge on any atom is 0.0894 e. The molecular formula is C6H12FN. The molecule has 1 aliphatic heterocycles. The lowest BCUT2D eigenvalue weighted by Crippen LogP contribution is -2.41. The molecule has 0 radical (unpaired) electrons. The van der Waals surface area contributed by atoms with E-state index in [0.717, 1.165) is 31.8 Å². The highest BCUT2D eigenvalue weighted by molar-refractivity contribution is 4.73. The fraction of sp³-hybridized carbons (Fsp3) is 1.00. The molecule has 0 atom stereocenters. The van der Waals surface area contributed by atoms with Gasteiger partial charge in [-0.2, -0.15) is 0 Å². The van der Waals surface area contributed by atoms with Gasteiger partial charge in [-0.05, 0) is 31.8 Å². The van der Waals surface area contributed by atoms with Gasteiger partial charge in [-0.15, -0.1) is 0 Å². The van der Waals surface area contributed by atoms with Crippen LogP contribution in [0.1, 0.15) is 12.8 Å². The van der Waals surface area contributed by atoms with Gasteiger partial charge in [0.15, 0.2) is 0 Å². The monoisotopic (exact) mass is 117 g/mol. The van der Waals surface area contributed by atoms with E-state index in [2.05, 4.69) is 5.32 Å². The molecule has 0 aromatic rings. The second-order valence-electron chi connectivity index (χ2n) is 2.36. The van der Waals surface area contributed by atoms with E-state index in [-0.39, 0.29) is 6.67 Å². The molecule has 1 nitrogen and oxygen atoms in total. The number of rotatable bonds is 3. The molecule has 1 heterocycles. The molecule has 0 aromatic carbocycles. The first-order valence-corrected chi connectivity index (χ1v) is 3.20. The third-order valence-corrected chi connectivity index (χ3v) is 1.61. The van der Waals surface area contributed by atoms with Crippen molar-refractivity contribution in [1.82, 2.24) is 5.32 Å². The Bertz CT molecular complexity index is 61.5. The van der Waals surface area contributed by atoms with Crippen LogP contribution in [0.4, 0.5) is 4.39 Å². The fourth-order valence-electron chi connectivity index (χ4n) is 0.918. The number of halogens is 1. The minimum atomic E-state index is -0.142. The van der Waals surface area contributed by atoms with E-state index in [1.807, 2.05) is 0 Å². The number of hydrogen-bond donors (Lipinski definition) is 1. The smallest absolute Gasteiger partial charge is 0.0894 e. The summed E-state index contributed by atoms with van der Waals surface area (Å²) in [6.07, 6.45) is 1.83. The maximum absolute atomic E-state index is 11.5. The predicted octanol–water partition coefficient (Wildman–Crippen LogP) is 0.956. The molecule has 1 saturated heterocycles. The van der Waals surface area contributed by atoms with Crippen LogP contribution >= 0.6 is 0 Å². The first-order chi connectivity index (χ1) is 3.93. The molecule has 2 heteroatoms. The van der Waals surface area contributed by atoms with Gasteiger partial charge in [0.25, 0.3) is 0 Å². The van der Waals surface area contributed by atoms with Crippen LogP contribution in [0, 0.1) is 5.92 Å². The highest BCUT2D eigenvalue weighted by atomic mass is 19.1. The zero-order chi connectivity index (χ0) is 5.82. The van der Waals surface area contributed by atoms with Crippen molar-refractivity contribution in [3.63, 3.8) is 0 Å². The third-order valence-electron chi connectivity index (χ3n) is 1.61. The van der Waals surface area contributed by atoms with Crippen molar-refractivity contribution in [3.8, 4) is 0 Å². The Morgan fingerprint density at radius 1 is 1.50 bits per heavy atom. The molecule has 1 fully saturated rings. The van der Waals surface area contributed by atoms with Gasteiger partial charge in [-0.1, -0.05) is 0 Å². The van der Waals surface area contributed by atoms with E-state index in [9.17, 15) is 4.39 Å². The van der Waals surface area contributed by atoms with Crippen LogP contribution in [-0.2, 0) is 0 Å². The zero-order valence-electron chi connectivity index (χ0n) is 4.99. The lowest BCUT2D eigenvalue weighted by molar-refractivity contribution is 0.305. The Kier molecular flexibility index (Phi) is 2.27. The molecule has 0 unspecified atom stereocenters. The van der Waals surface area contributed by atoms with Gasteiger partial charge < -0.3 is 5.32 Å². The standard InChI is InChI=1S/C6H12FN/c7-3-1-2-6-4-8-5-6/h6,8H,1-5H2. The Morgan fingerprint density at radius 3 is 2.62 bits per heavy atom. The summed E-state index contributed by atoms with van der Waals surface area (Å²) < 4.78 is 11.5. The molecule has 0 aromatic heterocycles. The van der Waals surface area contributed by atoms with Crippen molar-refractivity contribution in [3.05, 3.63) is 0 Å². The highest BCUT2D eigenvalue weighted by Gasteiger charge is 2.14. The molecule has 0 saturated carbocycles. The fourth-order valence-corrected chi connectivity index (χ4v) is 0.918. The predicted molar refractivity (Wildman–Crippen MR) is 31.6 cm³/mol. The van der Waals surface area contributed by atoms with E-state index in [1.54, 1.807) is 0 Å². The van der Waals surface area contributed by atoms with Crippen molar-refractivity contribution in [2.45, 2.75) is 12.8 Å². The Hall–Kier alpha value is -0.110. The van der Waals surface area contributed by atoms with Crippen molar-refractivity contribution in [1.29, 1.82) is 0 Å². The molecule has 0 aliphatic carbocycles. The summed E-state index contributed by atoms with van der Waals surface area (Å²) in [4.78, 5) is 0. The topological polar surface area (TPSA) is 12.0 Å². The summed E-state index contributed by atoms with van der Waals surface area (Å²) >= 11 is 0. The molecule has 48 valence electrons. The van der Waals surface area contributed by atoms with Gasteiger partial charge >= 0.3 is 0 Å². The lowest BCUT2D eigenvalue weighted by Gasteiger charge is -2.26. The first kappa shape index (κ1) is 6.02. The second kappa shape index (κ2) is 3.02. The minimum absolute atomic E-state index is 0.142. The van der Waals surface area contributed by atoms with E-state index >= 15 is 0 Å². The summed E-state index contributed by atoms with van der Waals surface area (Å²) in [7, 11) is 0. The van der Waals surface area contributed by atoms with E-state index < -0.39 is 0 Å². The highest BCUT2D eigenvalue weighted by Crippen LogP contribution is 2.10. The summed E-state index contributed by atoms with van der Waals surface area (Å²) in [5.41, 5.74) is 0. The van der Waals surface area contributed by atoms with Crippen molar-refractivity contribution in [2.24, 2.45) is 5.92 Å². The number of nitrogens with one attached hydrogen (secondary N) is 1. The average Bonchev–Trinajstić information content (AvgIpc) is 1.63. The summed E-state index contributed by atoms with van der Waals surface area (Å²) in [5.74, 6) is 0.783. The zero-order valence-corrected chi connectivity index (χ0v) is 4.99. The van der Waals surface area contributed by atoms with E-state index in [0.29, 0.717) is 0 Å². The molecule has 0 bridgehead atoms. The summed E-state index contributed by atoms with van der Waals surface area (Å²) in [6.45, 7) is 2.08. The summed E-state index contributed by atoms with van der Waals surface area (Å²) in [6, 6.07) is 0. The van der Waals surface area contributed by atoms with E-state index in [4.69, 9.17) is 0 Å². The second-order valence-corrected chi connectivity index (χ2v) is 2.36. The van der Waals surface area contributed by atoms with Gasteiger partial charge in [0, 0.05) is 0 Å². The van der Waals surface area contributed by atoms with Gasteiger partial charge in [-0.25, -0.2) is 0 Å². The van der Waals surface area contributed by atoms with Gasteiger partial charge in [0.1, 0.15) is 0 Å². The molecule has 0 spiro atoms. The Labute approximate surface area is 49.3 Å². The molecular weight excluding hydrogens is 105 g/mol. The van der Waals surface area contributed by atoms with Gasteiger partial charge in [0.2, 0.25) is 0 Å². The van der Waals surface area contributed by atoms with Gasteiger partial charge in [-0.3, -0.25) is 4.39 Å². The number of alkyl halides is 1. The minimum Gasteiger partial charge on any atom is -0.316 e. The van der Waals surface area contributed by atoms with Crippen LogP contribution in [0.3, 0.4) is 0 Å². The lowest BCUT2D eigenvalue weighted by atomic mass is 9.98. The van der Waals surface area contributed by atoms with Crippen LogP contribution in [0.5, 0.6) is 0 Å². The quantitative estimate of drug-likeness (QED) is 0.580. The molecule has 1 N–H and O–H groups in total. The molecule has 8 heavy (non-hydrogen) atoms. The van der Waals surface area contributed by atoms with E-state index in [1.165, 1.54) is 0 Å². The van der Waals surface area contributed by atoms with Crippen molar-refractivity contribution < 1.29 is 4.39 Å². The molecule has 1 aliphatic rings. The maximum atomic E-state index is 11.5. The van der Waals surface area contributed by atoms with Crippen LogP contribution < -0.4 is 5.32 Å². The number of hydrogen-bond acceptors (Lipinski definition) is 1.